The predicted octanol–water partition coefficient (Wildman–Crippen LogP) is 2.05. The molecule has 0 aliphatic carbocycles. The highest BCUT2D eigenvalue weighted by molar-refractivity contribution is 5.79. The van der Waals surface area contributed by atoms with Gasteiger partial charge in [0.15, 0.2) is 5.96 Å². The summed E-state index contributed by atoms with van der Waals surface area (Å²) in [6, 6.07) is 0. The van der Waals surface area contributed by atoms with Crippen LogP contribution in [0.15, 0.2) is 11.3 Å². The van der Waals surface area contributed by atoms with Crippen LogP contribution in [-0.2, 0) is 13.0 Å². The monoisotopic (exact) mass is 363 g/mol. The van der Waals surface area contributed by atoms with Crippen molar-refractivity contribution in [3.63, 3.8) is 0 Å². The van der Waals surface area contributed by atoms with Gasteiger partial charge in [0.1, 0.15) is 12.2 Å². The number of unbranched alkanes of at least 4 members (excludes halogenated alkanes) is 2. The lowest BCUT2D eigenvalue weighted by Gasteiger charge is -2.26. The molecule has 2 N–H and O–H groups in total. The van der Waals surface area contributed by atoms with Gasteiger partial charge in [0, 0.05) is 32.6 Å². The molecule has 1 aromatic rings. The molecule has 2 heterocycles. The predicted molar refractivity (Wildman–Crippen MR) is 108 cm³/mol. The smallest absolute Gasteiger partial charge is 0.191 e. The van der Waals surface area contributed by atoms with Gasteiger partial charge in [-0.1, -0.05) is 19.8 Å². The van der Waals surface area contributed by atoms with Gasteiger partial charge in [-0.15, -0.1) is 10.2 Å². The van der Waals surface area contributed by atoms with Gasteiger partial charge in [-0.05, 0) is 52.2 Å². The first-order valence-electron chi connectivity index (χ1n) is 10.4. The van der Waals surface area contributed by atoms with E-state index in [1.54, 1.807) is 6.33 Å². The van der Waals surface area contributed by atoms with Crippen molar-refractivity contribution in [2.75, 3.05) is 39.3 Å². The van der Waals surface area contributed by atoms with E-state index < -0.39 is 0 Å². The fourth-order valence-electron chi connectivity index (χ4n) is 3.37. The summed E-state index contributed by atoms with van der Waals surface area (Å²) in [6.07, 6.45) is 10.6. The normalized spacial score (nSPS) is 16.0. The molecule has 7 heteroatoms. The van der Waals surface area contributed by atoms with E-state index in [2.05, 4.69) is 44.1 Å². The lowest BCUT2D eigenvalue weighted by atomic mass is 10.1. The molecule has 0 saturated carbocycles. The maximum Gasteiger partial charge on any atom is 0.191 e. The summed E-state index contributed by atoms with van der Waals surface area (Å²) in [5, 5.41) is 14.8. The van der Waals surface area contributed by atoms with Crippen LogP contribution in [0.5, 0.6) is 0 Å². The van der Waals surface area contributed by atoms with Crippen molar-refractivity contribution < 1.29 is 0 Å². The zero-order valence-electron chi connectivity index (χ0n) is 16.7. The first-order chi connectivity index (χ1) is 12.8. The van der Waals surface area contributed by atoms with Crippen LogP contribution in [-0.4, -0.2) is 64.9 Å². The number of likely N-dealkylation sites (tertiary alicyclic amines) is 1. The molecule has 1 aliphatic heterocycles. The minimum absolute atomic E-state index is 0.825. The van der Waals surface area contributed by atoms with E-state index in [4.69, 9.17) is 4.99 Å². The molecule has 0 radical (unpaired) electrons. The second kappa shape index (κ2) is 12.7. The number of rotatable bonds is 11. The molecule has 1 fully saturated rings. The van der Waals surface area contributed by atoms with E-state index in [1.807, 2.05) is 0 Å². The molecule has 26 heavy (non-hydrogen) atoms. The SMILES string of the molecule is CCNC(=NCCCCCN1CCCCC1)NCCn1cnnc1CC. The zero-order valence-corrected chi connectivity index (χ0v) is 16.7. The van der Waals surface area contributed by atoms with Crippen molar-refractivity contribution in [2.24, 2.45) is 4.99 Å². The van der Waals surface area contributed by atoms with Gasteiger partial charge in [0.2, 0.25) is 0 Å². The van der Waals surface area contributed by atoms with E-state index in [0.29, 0.717) is 0 Å². The van der Waals surface area contributed by atoms with Crippen molar-refractivity contribution in [2.45, 2.75) is 65.3 Å². The third-order valence-electron chi connectivity index (χ3n) is 4.85. The molecule has 0 aromatic carbocycles. The fourth-order valence-corrected chi connectivity index (χ4v) is 3.37. The first kappa shape index (κ1) is 20.7. The average Bonchev–Trinajstić information content (AvgIpc) is 3.13. The third-order valence-corrected chi connectivity index (χ3v) is 4.85. The molecule has 1 aromatic heterocycles. The summed E-state index contributed by atoms with van der Waals surface area (Å²) in [5.41, 5.74) is 0. The summed E-state index contributed by atoms with van der Waals surface area (Å²) in [6.45, 7) is 11.5. The summed E-state index contributed by atoms with van der Waals surface area (Å²) in [5.74, 6) is 1.94. The Balaban J connectivity index is 1.59. The second-order valence-corrected chi connectivity index (χ2v) is 6.94. The molecular weight excluding hydrogens is 326 g/mol. The van der Waals surface area contributed by atoms with Gasteiger partial charge in [0.25, 0.3) is 0 Å². The van der Waals surface area contributed by atoms with Crippen molar-refractivity contribution in [1.82, 2.24) is 30.3 Å². The largest absolute Gasteiger partial charge is 0.357 e. The third kappa shape index (κ3) is 7.72. The molecule has 0 spiro atoms. The van der Waals surface area contributed by atoms with Gasteiger partial charge < -0.3 is 20.1 Å². The molecular formula is C19H37N7. The van der Waals surface area contributed by atoms with Gasteiger partial charge in [-0.2, -0.15) is 0 Å². The number of nitrogens with one attached hydrogen (secondary N) is 2. The van der Waals surface area contributed by atoms with Crippen LogP contribution in [0.2, 0.25) is 0 Å². The maximum atomic E-state index is 4.70. The van der Waals surface area contributed by atoms with E-state index in [9.17, 15) is 0 Å². The average molecular weight is 364 g/mol. The Morgan fingerprint density at radius 2 is 1.92 bits per heavy atom. The van der Waals surface area contributed by atoms with Crippen LogP contribution in [0, 0.1) is 0 Å². The topological polar surface area (TPSA) is 70.4 Å². The highest BCUT2D eigenvalue weighted by atomic mass is 15.3. The minimum atomic E-state index is 0.825. The number of aromatic nitrogens is 3. The second-order valence-electron chi connectivity index (χ2n) is 6.94. The molecule has 0 bridgehead atoms. The van der Waals surface area contributed by atoms with E-state index in [0.717, 1.165) is 50.8 Å². The van der Waals surface area contributed by atoms with Gasteiger partial charge in [-0.25, -0.2) is 0 Å². The van der Waals surface area contributed by atoms with Crippen LogP contribution < -0.4 is 10.6 Å². The summed E-state index contributed by atoms with van der Waals surface area (Å²) in [4.78, 5) is 7.32. The van der Waals surface area contributed by atoms with Gasteiger partial charge in [0.05, 0.1) is 0 Å². The molecule has 1 aliphatic rings. The maximum absolute atomic E-state index is 4.70. The van der Waals surface area contributed by atoms with E-state index >= 15 is 0 Å². The highest BCUT2D eigenvalue weighted by Gasteiger charge is 2.08. The van der Waals surface area contributed by atoms with Crippen molar-refractivity contribution in [3.8, 4) is 0 Å². The highest BCUT2D eigenvalue weighted by Crippen LogP contribution is 2.09. The number of hydrogen-bond acceptors (Lipinski definition) is 4. The number of nitrogens with zero attached hydrogens (tertiary/aromatic N) is 5. The standard InChI is InChI=1S/C19H37N7/c1-3-18-24-23-17-26(18)16-12-22-19(20-4-2)21-11-7-5-8-13-25-14-9-6-10-15-25/h17H,3-16H2,1-2H3,(H2,20,21,22). The lowest BCUT2D eigenvalue weighted by molar-refractivity contribution is 0.224. The molecule has 7 nitrogen and oxygen atoms in total. The van der Waals surface area contributed by atoms with Gasteiger partial charge in [-0.3, -0.25) is 4.99 Å². The Hall–Kier alpha value is -1.63. The molecule has 148 valence electrons. The Morgan fingerprint density at radius 3 is 2.69 bits per heavy atom. The number of aliphatic imine (C=N–C) groups is 1. The van der Waals surface area contributed by atoms with Crippen LogP contribution in [0.25, 0.3) is 0 Å². The molecule has 0 atom stereocenters. The molecule has 0 unspecified atom stereocenters. The molecule has 1 saturated heterocycles. The Kier molecular flexibility index (Phi) is 10.1. The van der Waals surface area contributed by atoms with Crippen LogP contribution >= 0.6 is 0 Å². The van der Waals surface area contributed by atoms with Crippen molar-refractivity contribution in [3.05, 3.63) is 12.2 Å². The molecule has 2 rings (SSSR count). The number of aryl methyl sites for hydroxylation is 1. The van der Waals surface area contributed by atoms with Crippen LogP contribution in [0.3, 0.4) is 0 Å². The quantitative estimate of drug-likeness (QED) is 0.358. The number of hydrogen-bond donors (Lipinski definition) is 2. The lowest BCUT2D eigenvalue weighted by Crippen LogP contribution is -2.39. The Morgan fingerprint density at radius 1 is 1.08 bits per heavy atom. The number of piperidine rings is 1. The Bertz CT molecular complexity index is 506. The van der Waals surface area contributed by atoms with E-state index in [1.165, 1.54) is 51.7 Å². The van der Waals surface area contributed by atoms with E-state index in [-0.39, 0.29) is 0 Å². The molecule has 0 amide bonds. The Labute approximate surface area is 158 Å². The van der Waals surface area contributed by atoms with Crippen LogP contribution in [0.4, 0.5) is 0 Å². The van der Waals surface area contributed by atoms with Crippen molar-refractivity contribution in [1.29, 1.82) is 0 Å². The first-order valence-corrected chi connectivity index (χ1v) is 10.4. The fraction of sp³-hybridized carbons (Fsp3) is 0.842. The van der Waals surface area contributed by atoms with Crippen molar-refractivity contribution >= 4 is 5.96 Å². The minimum Gasteiger partial charge on any atom is -0.357 e. The zero-order chi connectivity index (χ0) is 18.5. The summed E-state index contributed by atoms with van der Waals surface area (Å²) < 4.78 is 2.09. The van der Waals surface area contributed by atoms with Crippen LogP contribution in [0.1, 0.15) is 58.2 Å². The summed E-state index contributed by atoms with van der Waals surface area (Å²) in [7, 11) is 0. The summed E-state index contributed by atoms with van der Waals surface area (Å²) >= 11 is 0. The number of guanidine groups is 1. The van der Waals surface area contributed by atoms with Gasteiger partial charge >= 0.3 is 0 Å².